The van der Waals surface area contributed by atoms with Crippen LogP contribution in [0, 0.1) is 5.92 Å². The topological polar surface area (TPSA) is 35.8 Å². The minimum Gasteiger partial charge on any atom is -0.354 e. The summed E-state index contributed by atoms with van der Waals surface area (Å²) in [4.78, 5) is 9.27. The number of nitrogens with zero attached hydrogens (tertiary/aromatic N) is 4. The molecule has 0 aliphatic carbocycles. The fourth-order valence-corrected chi connectivity index (χ4v) is 3.51. The number of rotatable bonds is 5. The number of likely N-dealkylation sites (tertiary alicyclic amines) is 1. The number of aromatic nitrogens is 1. The van der Waals surface area contributed by atoms with Gasteiger partial charge in [0, 0.05) is 51.7 Å². The van der Waals surface area contributed by atoms with Crippen LogP contribution in [0.3, 0.4) is 0 Å². The van der Waals surface area contributed by atoms with Gasteiger partial charge in [0.2, 0.25) is 0 Å². The summed E-state index contributed by atoms with van der Waals surface area (Å²) >= 11 is 0. The van der Waals surface area contributed by atoms with Crippen LogP contribution in [0.5, 0.6) is 0 Å². The molecular weight excluding hydrogens is 425 g/mol. The van der Waals surface area contributed by atoms with Gasteiger partial charge >= 0.3 is 0 Å². The Kier molecular flexibility index (Phi) is 8.74. The summed E-state index contributed by atoms with van der Waals surface area (Å²) in [6.07, 6.45) is 4.76. The van der Waals surface area contributed by atoms with E-state index in [0.29, 0.717) is 0 Å². The maximum Gasteiger partial charge on any atom is 0.193 e. The van der Waals surface area contributed by atoms with Crippen molar-refractivity contribution in [1.29, 1.82) is 0 Å². The third-order valence-corrected chi connectivity index (χ3v) is 5.22. The van der Waals surface area contributed by atoms with Crippen molar-refractivity contribution in [3.05, 3.63) is 24.0 Å². The summed E-state index contributed by atoms with van der Waals surface area (Å²) in [5, 5.41) is 3.58. The van der Waals surface area contributed by atoms with E-state index in [1.54, 1.807) is 0 Å². The maximum absolute atomic E-state index is 4.47. The number of aryl methyl sites for hydroxylation is 1. The zero-order valence-corrected chi connectivity index (χ0v) is 19.1. The van der Waals surface area contributed by atoms with Crippen molar-refractivity contribution in [1.82, 2.24) is 19.7 Å². The van der Waals surface area contributed by atoms with Crippen LogP contribution in [0.4, 0.5) is 0 Å². The van der Waals surface area contributed by atoms with Crippen molar-refractivity contribution < 1.29 is 0 Å². The Labute approximate surface area is 170 Å². The molecule has 0 spiro atoms. The number of aliphatic imine (C=N–C) groups is 1. The lowest BCUT2D eigenvalue weighted by molar-refractivity contribution is 0.0735. The van der Waals surface area contributed by atoms with Gasteiger partial charge in [-0.3, -0.25) is 9.89 Å². The Bertz CT molecular complexity index is 552. The number of hydrogen-bond acceptors (Lipinski definition) is 2. The van der Waals surface area contributed by atoms with Gasteiger partial charge in [-0.05, 0) is 51.3 Å². The molecule has 1 aliphatic rings. The molecule has 2 heterocycles. The highest BCUT2D eigenvalue weighted by Gasteiger charge is 2.30. The number of halogens is 1. The first-order valence-corrected chi connectivity index (χ1v) is 9.10. The predicted octanol–water partition coefficient (Wildman–Crippen LogP) is 3.16. The molecule has 1 aromatic rings. The molecule has 1 saturated heterocycles. The molecule has 1 atom stereocenters. The Morgan fingerprint density at radius 1 is 1.44 bits per heavy atom. The van der Waals surface area contributed by atoms with Crippen molar-refractivity contribution in [2.45, 2.75) is 45.7 Å². The summed E-state index contributed by atoms with van der Waals surface area (Å²) in [7, 11) is 6.04. The molecule has 0 bridgehead atoms. The van der Waals surface area contributed by atoms with Crippen LogP contribution < -0.4 is 5.32 Å². The smallest absolute Gasteiger partial charge is 0.193 e. The van der Waals surface area contributed by atoms with E-state index in [-0.39, 0.29) is 29.5 Å². The molecule has 144 valence electrons. The van der Waals surface area contributed by atoms with Crippen LogP contribution in [-0.2, 0) is 13.6 Å². The van der Waals surface area contributed by atoms with Gasteiger partial charge in [0.05, 0.1) is 6.54 Å². The molecule has 1 N–H and O–H groups in total. The van der Waals surface area contributed by atoms with Crippen molar-refractivity contribution in [3.8, 4) is 0 Å². The van der Waals surface area contributed by atoms with E-state index in [1.807, 2.05) is 7.05 Å². The summed E-state index contributed by atoms with van der Waals surface area (Å²) in [5.74, 6) is 1.76. The summed E-state index contributed by atoms with van der Waals surface area (Å²) < 4.78 is 2.16. The number of hydrogen-bond donors (Lipinski definition) is 1. The van der Waals surface area contributed by atoms with Gasteiger partial charge in [0.1, 0.15) is 0 Å². The van der Waals surface area contributed by atoms with Crippen LogP contribution in [0.2, 0.25) is 0 Å². The molecule has 1 aliphatic heterocycles. The lowest BCUT2D eigenvalue weighted by Gasteiger charge is -2.43. The minimum absolute atomic E-state index is 0. The molecule has 1 fully saturated rings. The van der Waals surface area contributed by atoms with Gasteiger partial charge in [-0.2, -0.15) is 0 Å². The van der Waals surface area contributed by atoms with E-state index < -0.39 is 0 Å². The molecule has 1 aromatic heterocycles. The van der Waals surface area contributed by atoms with Crippen LogP contribution in [0.15, 0.2) is 23.3 Å². The van der Waals surface area contributed by atoms with E-state index in [4.69, 9.17) is 0 Å². The Balaban J connectivity index is 0.00000312. The third kappa shape index (κ3) is 6.16. The molecule has 0 aromatic carbocycles. The highest BCUT2D eigenvalue weighted by molar-refractivity contribution is 14.0. The summed E-state index contributed by atoms with van der Waals surface area (Å²) in [6.45, 7) is 11.2. The van der Waals surface area contributed by atoms with Crippen molar-refractivity contribution in [2.24, 2.45) is 18.0 Å². The van der Waals surface area contributed by atoms with Gasteiger partial charge < -0.3 is 14.8 Å². The van der Waals surface area contributed by atoms with E-state index in [9.17, 15) is 0 Å². The molecule has 2 rings (SSSR count). The largest absolute Gasteiger partial charge is 0.354 e. The lowest BCUT2D eigenvalue weighted by atomic mass is 9.93. The van der Waals surface area contributed by atoms with Crippen molar-refractivity contribution in [3.63, 3.8) is 0 Å². The van der Waals surface area contributed by atoms with E-state index >= 15 is 0 Å². The minimum atomic E-state index is 0. The average Bonchev–Trinajstić information content (AvgIpc) is 2.93. The number of nitrogens with one attached hydrogen (secondary N) is 1. The van der Waals surface area contributed by atoms with Crippen molar-refractivity contribution >= 4 is 29.9 Å². The third-order valence-electron chi connectivity index (χ3n) is 5.22. The molecule has 0 radical (unpaired) electrons. The molecule has 25 heavy (non-hydrogen) atoms. The second kappa shape index (κ2) is 9.80. The van der Waals surface area contributed by atoms with Crippen LogP contribution in [-0.4, -0.2) is 59.6 Å². The Morgan fingerprint density at radius 2 is 2.16 bits per heavy atom. The van der Waals surface area contributed by atoms with Crippen LogP contribution in [0.1, 0.15) is 39.3 Å². The second-order valence-electron chi connectivity index (χ2n) is 7.87. The normalized spacial score (nSPS) is 19.4. The highest BCUT2D eigenvalue weighted by atomic mass is 127. The monoisotopic (exact) mass is 461 g/mol. The number of piperidine rings is 1. The quantitative estimate of drug-likeness (QED) is 0.416. The molecule has 1 unspecified atom stereocenters. The van der Waals surface area contributed by atoms with E-state index in [1.165, 1.54) is 31.6 Å². The molecule has 6 heteroatoms. The van der Waals surface area contributed by atoms with E-state index in [0.717, 1.165) is 25.0 Å². The molecular formula is C19H36IN5. The van der Waals surface area contributed by atoms with Crippen LogP contribution in [0.25, 0.3) is 0 Å². The van der Waals surface area contributed by atoms with Gasteiger partial charge in [-0.25, -0.2) is 0 Å². The van der Waals surface area contributed by atoms with E-state index in [2.05, 4.69) is 77.9 Å². The SMILES string of the molecule is CN=C(NCC(C)(C)N1CCCC(C)C1)N(C)Cc1cccn1C.I. The molecule has 5 nitrogen and oxygen atoms in total. The second-order valence-corrected chi connectivity index (χ2v) is 7.87. The van der Waals surface area contributed by atoms with Gasteiger partial charge in [-0.1, -0.05) is 6.92 Å². The standard InChI is InChI=1S/C19H35N5.HI/c1-16-9-7-12-24(13-16)19(2,3)15-21-18(20-4)23(6)14-17-10-8-11-22(17)5;/h8,10-11,16H,7,9,12-15H2,1-6H3,(H,20,21);1H. The first kappa shape index (κ1) is 22.3. The number of guanidine groups is 1. The van der Waals surface area contributed by atoms with Gasteiger partial charge in [0.25, 0.3) is 0 Å². The van der Waals surface area contributed by atoms with Crippen LogP contribution >= 0.6 is 24.0 Å². The van der Waals surface area contributed by atoms with Crippen molar-refractivity contribution in [2.75, 3.05) is 33.7 Å². The summed E-state index contributed by atoms with van der Waals surface area (Å²) in [5.41, 5.74) is 1.42. The predicted molar refractivity (Wildman–Crippen MR) is 118 cm³/mol. The first-order chi connectivity index (χ1) is 11.3. The van der Waals surface area contributed by atoms with Gasteiger partial charge in [-0.15, -0.1) is 24.0 Å². The first-order valence-electron chi connectivity index (χ1n) is 9.10. The highest BCUT2D eigenvalue weighted by Crippen LogP contribution is 2.23. The Morgan fingerprint density at radius 3 is 2.72 bits per heavy atom. The summed E-state index contributed by atoms with van der Waals surface area (Å²) in [6, 6.07) is 4.24. The zero-order chi connectivity index (χ0) is 17.7. The fourth-order valence-electron chi connectivity index (χ4n) is 3.51. The molecule has 0 saturated carbocycles. The molecule has 0 amide bonds. The average molecular weight is 461 g/mol. The Hall–Kier alpha value is -0.760. The zero-order valence-electron chi connectivity index (χ0n) is 16.7. The van der Waals surface area contributed by atoms with Gasteiger partial charge in [0.15, 0.2) is 5.96 Å². The lowest BCUT2D eigenvalue weighted by Crippen LogP contribution is -2.56. The fraction of sp³-hybridized carbons (Fsp3) is 0.737. The maximum atomic E-state index is 4.47.